The number of piperidine rings is 1. The molecular formula is C22H26N6O2S2. The van der Waals surface area contributed by atoms with Gasteiger partial charge in [0.1, 0.15) is 22.4 Å². The number of hydrogen-bond donors (Lipinski definition) is 1. The Morgan fingerprint density at radius 1 is 1.03 bits per heavy atom. The maximum absolute atomic E-state index is 11.9. The van der Waals surface area contributed by atoms with Gasteiger partial charge in [-0.2, -0.15) is 4.98 Å². The summed E-state index contributed by atoms with van der Waals surface area (Å²) in [6, 6.07) is 10.3. The van der Waals surface area contributed by atoms with Crippen molar-refractivity contribution in [2.75, 3.05) is 47.5 Å². The van der Waals surface area contributed by atoms with Crippen LogP contribution in [0.3, 0.4) is 0 Å². The monoisotopic (exact) mass is 470 g/mol. The highest BCUT2D eigenvalue weighted by Crippen LogP contribution is 2.32. The van der Waals surface area contributed by atoms with Crippen LogP contribution in [0, 0.1) is 0 Å². The Hall–Kier alpha value is -2.30. The van der Waals surface area contributed by atoms with E-state index < -0.39 is 10.8 Å². The predicted octanol–water partition coefficient (Wildman–Crippen LogP) is 2.24. The van der Waals surface area contributed by atoms with Crippen molar-refractivity contribution in [1.82, 2.24) is 19.9 Å². The third-order valence-electron chi connectivity index (χ3n) is 5.79. The summed E-state index contributed by atoms with van der Waals surface area (Å²) in [7, 11) is -0.777. The zero-order valence-corrected chi connectivity index (χ0v) is 19.4. The van der Waals surface area contributed by atoms with Gasteiger partial charge in [0, 0.05) is 54.2 Å². The Bertz CT molecular complexity index is 1110. The molecule has 10 heteroatoms. The largest absolute Gasteiger partial charge is 0.391 e. The molecule has 8 nitrogen and oxygen atoms in total. The Labute approximate surface area is 193 Å². The number of fused-ring (bicyclic) bond motifs is 1. The highest BCUT2D eigenvalue weighted by molar-refractivity contribution is 7.98. The van der Waals surface area contributed by atoms with Crippen LogP contribution >= 0.6 is 11.8 Å². The van der Waals surface area contributed by atoms with Crippen molar-refractivity contribution in [3.63, 3.8) is 0 Å². The van der Waals surface area contributed by atoms with Gasteiger partial charge in [-0.05, 0) is 18.4 Å². The summed E-state index contributed by atoms with van der Waals surface area (Å²) in [5.74, 6) is 3.42. The summed E-state index contributed by atoms with van der Waals surface area (Å²) in [4.78, 5) is 23.1. The molecule has 0 spiro atoms. The third-order valence-corrected chi connectivity index (χ3v) is 8.12. The Morgan fingerprint density at radius 2 is 1.84 bits per heavy atom. The molecule has 0 radical (unpaired) electrons. The molecule has 5 rings (SSSR count). The van der Waals surface area contributed by atoms with E-state index in [1.54, 1.807) is 18.1 Å². The number of aromatic nitrogens is 4. The number of benzene rings is 1. The SMILES string of the molecule is O=S1CCN(c2nc(N3CCCC(O)C3)nc3c(SCc4ccccc4)ncnc23)CC1. The second kappa shape index (κ2) is 9.68. The first-order chi connectivity index (χ1) is 15.7. The zero-order chi connectivity index (χ0) is 21.9. The van der Waals surface area contributed by atoms with E-state index in [-0.39, 0.29) is 6.10 Å². The first-order valence-corrected chi connectivity index (χ1v) is 13.4. The number of aliphatic hydroxyl groups is 1. The van der Waals surface area contributed by atoms with Crippen LogP contribution in [-0.4, -0.2) is 73.0 Å². The van der Waals surface area contributed by atoms with E-state index in [0.717, 1.165) is 47.0 Å². The van der Waals surface area contributed by atoms with Crippen molar-refractivity contribution in [2.45, 2.75) is 29.7 Å². The molecule has 1 aromatic carbocycles. The molecule has 4 heterocycles. The number of hydrogen-bond acceptors (Lipinski definition) is 9. The van der Waals surface area contributed by atoms with Crippen molar-refractivity contribution in [1.29, 1.82) is 0 Å². The second-order valence-electron chi connectivity index (χ2n) is 8.07. The van der Waals surface area contributed by atoms with E-state index in [1.807, 2.05) is 18.2 Å². The summed E-state index contributed by atoms with van der Waals surface area (Å²) in [6.45, 7) is 2.69. The van der Waals surface area contributed by atoms with E-state index in [2.05, 4.69) is 31.9 Å². The molecule has 2 aliphatic rings. The highest BCUT2D eigenvalue weighted by Gasteiger charge is 2.26. The minimum atomic E-state index is -0.777. The van der Waals surface area contributed by atoms with Gasteiger partial charge in [0.05, 0.1) is 6.10 Å². The number of aliphatic hydroxyl groups excluding tert-OH is 1. The van der Waals surface area contributed by atoms with Crippen molar-refractivity contribution in [2.24, 2.45) is 0 Å². The summed E-state index contributed by atoms with van der Waals surface area (Å²) < 4.78 is 11.9. The van der Waals surface area contributed by atoms with Gasteiger partial charge in [0.25, 0.3) is 0 Å². The quantitative estimate of drug-likeness (QED) is 0.445. The Balaban J connectivity index is 1.55. The van der Waals surface area contributed by atoms with Crippen LogP contribution in [0.25, 0.3) is 11.0 Å². The van der Waals surface area contributed by atoms with Crippen LogP contribution < -0.4 is 9.80 Å². The van der Waals surface area contributed by atoms with Gasteiger partial charge in [0.2, 0.25) is 5.95 Å². The number of thioether (sulfide) groups is 1. The molecule has 0 saturated carbocycles. The first kappa shape index (κ1) is 21.5. The molecule has 0 aliphatic carbocycles. The van der Waals surface area contributed by atoms with Gasteiger partial charge in [-0.1, -0.05) is 42.1 Å². The lowest BCUT2D eigenvalue weighted by Gasteiger charge is -2.32. The van der Waals surface area contributed by atoms with Crippen molar-refractivity contribution in [3.8, 4) is 0 Å². The summed E-state index contributed by atoms with van der Waals surface area (Å²) in [5.41, 5.74) is 2.68. The van der Waals surface area contributed by atoms with Gasteiger partial charge in [-0.3, -0.25) is 4.21 Å². The van der Waals surface area contributed by atoms with E-state index in [4.69, 9.17) is 9.97 Å². The molecular weight excluding hydrogens is 444 g/mol. The van der Waals surface area contributed by atoms with E-state index in [1.165, 1.54) is 5.56 Å². The fraction of sp³-hybridized carbons (Fsp3) is 0.455. The fourth-order valence-corrected chi connectivity index (χ4v) is 6.03. The molecule has 0 bridgehead atoms. The van der Waals surface area contributed by atoms with Gasteiger partial charge in [-0.25, -0.2) is 15.0 Å². The van der Waals surface area contributed by atoms with E-state index in [0.29, 0.717) is 37.1 Å². The molecule has 0 amide bonds. The predicted molar refractivity (Wildman–Crippen MR) is 129 cm³/mol. The molecule has 3 aromatic rings. The van der Waals surface area contributed by atoms with Crippen LogP contribution in [0.5, 0.6) is 0 Å². The molecule has 32 heavy (non-hydrogen) atoms. The van der Waals surface area contributed by atoms with Gasteiger partial charge in [0.15, 0.2) is 5.82 Å². The number of rotatable bonds is 5. The van der Waals surface area contributed by atoms with Crippen LogP contribution in [-0.2, 0) is 16.6 Å². The molecule has 2 aliphatic heterocycles. The zero-order valence-electron chi connectivity index (χ0n) is 17.8. The average molecular weight is 471 g/mol. The Kier molecular flexibility index (Phi) is 6.52. The molecule has 1 unspecified atom stereocenters. The highest BCUT2D eigenvalue weighted by atomic mass is 32.2. The minimum Gasteiger partial charge on any atom is -0.391 e. The van der Waals surface area contributed by atoms with Crippen molar-refractivity contribution in [3.05, 3.63) is 42.2 Å². The lowest BCUT2D eigenvalue weighted by atomic mass is 10.1. The van der Waals surface area contributed by atoms with Crippen LogP contribution in [0.4, 0.5) is 11.8 Å². The molecule has 1 atom stereocenters. The Morgan fingerprint density at radius 3 is 2.62 bits per heavy atom. The maximum Gasteiger partial charge on any atom is 0.228 e. The first-order valence-electron chi connectivity index (χ1n) is 10.9. The summed E-state index contributed by atoms with van der Waals surface area (Å²) in [6.07, 6.45) is 2.91. The van der Waals surface area contributed by atoms with Crippen molar-refractivity contribution >= 4 is 45.4 Å². The lowest BCUT2D eigenvalue weighted by molar-refractivity contribution is 0.153. The normalized spacial score (nSPS) is 20.1. The second-order valence-corrected chi connectivity index (χ2v) is 10.7. The molecule has 1 N–H and O–H groups in total. The molecule has 168 valence electrons. The summed E-state index contributed by atoms with van der Waals surface area (Å²) >= 11 is 1.64. The van der Waals surface area contributed by atoms with Gasteiger partial charge < -0.3 is 14.9 Å². The minimum absolute atomic E-state index is 0.372. The average Bonchev–Trinajstić information content (AvgIpc) is 2.83. The fourth-order valence-electron chi connectivity index (χ4n) is 4.08. The van der Waals surface area contributed by atoms with E-state index in [9.17, 15) is 9.32 Å². The molecule has 2 fully saturated rings. The van der Waals surface area contributed by atoms with Gasteiger partial charge >= 0.3 is 0 Å². The van der Waals surface area contributed by atoms with Gasteiger partial charge in [-0.15, -0.1) is 0 Å². The van der Waals surface area contributed by atoms with E-state index >= 15 is 0 Å². The standard InChI is InChI=1S/C22H26N6O2S2/c29-17-7-4-8-28(13-17)22-25-19-18(20(26-22)27-9-11-32(30)12-10-27)23-15-24-21(19)31-14-16-5-2-1-3-6-16/h1-3,5-6,15,17,29H,4,7-14H2. The summed E-state index contributed by atoms with van der Waals surface area (Å²) in [5, 5.41) is 11.0. The maximum atomic E-state index is 11.9. The smallest absolute Gasteiger partial charge is 0.228 e. The molecule has 2 aromatic heterocycles. The van der Waals surface area contributed by atoms with Crippen LogP contribution in [0.2, 0.25) is 0 Å². The topological polar surface area (TPSA) is 95.3 Å². The lowest BCUT2D eigenvalue weighted by Crippen LogP contribution is -2.41. The van der Waals surface area contributed by atoms with Crippen LogP contribution in [0.15, 0.2) is 41.7 Å². The number of β-amino-alcohol motifs (C(OH)–C–C–N with tert-alkyl or cyclic N) is 1. The number of anilines is 2. The third kappa shape index (κ3) is 4.72. The van der Waals surface area contributed by atoms with Crippen molar-refractivity contribution < 1.29 is 9.32 Å². The molecule has 2 saturated heterocycles. The van der Waals surface area contributed by atoms with Crippen LogP contribution in [0.1, 0.15) is 18.4 Å². The number of nitrogens with zero attached hydrogens (tertiary/aromatic N) is 6.